The molecule has 0 amide bonds. The minimum atomic E-state index is 0.307. The molecule has 1 unspecified atom stereocenters. The molecule has 6 nitrogen and oxygen atoms in total. The van der Waals surface area contributed by atoms with E-state index in [2.05, 4.69) is 52.9 Å². The fraction of sp³-hybridized carbons (Fsp3) is 0.760. The van der Waals surface area contributed by atoms with Gasteiger partial charge in [-0.3, -0.25) is 0 Å². The van der Waals surface area contributed by atoms with Crippen molar-refractivity contribution >= 4 is 5.69 Å². The molecule has 0 aliphatic carbocycles. The number of anilines is 1. The SMILES string of the molecule is CC(C)(CCNCC1Cc2c(cccc2N2CCOCC2)CN1)CNC1CCOCC1. The second-order valence-electron chi connectivity index (χ2n) is 10.2. The molecule has 3 aliphatic rings. The lowest BCUT2D eigenvalue weighted by Crippen LogP contribution is -2.45. The normalized spacial score (nSPS) is 23.0. The van der Waals surface area contributed by atoms with Crippen molar-refractivity contribution in [3.63, 3.8) is 0 Å². The van der Waals surface area contributed by atoms with Crippen LogP contribution in [-0.2, 0) is 22.4 Å². The zero-order valence-corrected chi connectivity index (χ0v) is 19.5. The van der Waals surface area contributed by atoms with E-state index in [-0.39, 0.29) is 0 Å². The maximum atomic E-state index is 5.56. The highest BCUT2D eigenvalue weighted by atomic mass is 16.5. The van der Waals surface area contributed by atoms with Gasteiger partial charge in [0.2, 0.25) is 0 Å². The van der Waals surface area contributed by atoms with Gasteiger partial charge < -0.3 is 30.3 Å². The molecule has 4 rings (SSSR count). The van der Waals surface area contributed by atoms with Crippen LogP contribution in [0, 0.1) is 5.41 Å². The summed E-state index contributed by atoms with van der Waals surface area (Å²) in [5, 5.41) is 11.2. The van der Waals surface area contributed by atoms with Gasteiger partial charge in [0, 0.05) is 63.7 Å². The summed E-state index contributed by atoms with van der Waals surface area (Å²) in [6.07, 6.45) is 4.58. The first-order valence-electron chi connectivity index (χ1n) is 12.3. The first-order valence-corrected chi connectivity index (χ1v) is 12.3. The molecule has 174 valence electrons. The third-order valence-corrected chi connectivity index (χ3v) is 7.09. The Bertz CT molecular complexity index is 684. The zero-order chi connectivity index (χ0) is 21.5. The monoisotopic (exact) mass is 430 g/mol. The maximum absolute atomic E-state index is 5.56. The largest absolute Gasteiger partial charge is 0.381 e. The second kappa shape index (κ2) is 11.1. The van der Waals surface area contributed by atoms with E-state index in [4.69, 9.17) is 9.47 Å². The molecule has 3 heterocycles. The summed E-state index contributed by atoms with van der Waals surface area (Å²) in [6.45, 7) is 14.4. The lowest BCUT2D eigenvalue weighted by molar-refractivity contribution is 0.0748. The van der Waals surface area contributed by atoms with E-state index >= 15 is 0 Å². The quantitative estimate of drug-likeness (QED) is 0.523. The van der Waals surface area contributed by atoms with Gasteiger partial charge in [0.15, 0.2) is 0 Å². The van der Waals surface area contributed by atoms with Crippen molar-refractivity contribution in [3.05, 3.63) is 29.3 Å². The first kappa shape index (κ1) is 23.0. The molecule has 31 heavy (non-hydrogen) atoms. The van der Waals surface area contributed by atoms with E-state index < -0.39 is 0 Å². The molecule has 0 saturated carbocycles. The summed E-state index contributed by atoms with van der Waals surface area (Å²) in [7, 11) is 0. The molecule has 1 aromatic carbocycles. The number of hydrogen-bond acceptors (Lipinski definition) is 6. The number of hydrogen-bond donors (Lipinski definition) is 3. The van der Waals surface area contributed by atoms with Crippen molar-refractivity contribution in [3.8, 4) is 0 Å². The van der Waals surface area contributed by atoms with Gasteiger partial charge >= 0.3 is 0 Å². The van der Waals surface area contributed by atoms with Crippen LogP contribution in [0.3, 0.4) is 0 Å². The van der Waals surface area contributed by atoms with Crippen molar-refractivity contribution in [2.75, 3.05) is 64.1 Å². The molecule has 6 heteroatoms. The van der Waals surface area contributed by atoms with E-state index in [1.807, 2.05) is 0 Å². The van der Waals surface area contributed by atoms with Crippen LogP contribution in [0.4, 0.5) is 5.69 Å². The Morgan fingerprint density at radius 1 is 1.10 bits per heavy atom. The molecule has 3 N–H and O–H groups in total. The topological polar surface area (TPSA) is 57.8 Å². The van der Waals surface area contributed by atoms with Crippen molar-refractivity contribution in [1.82, 2.24) is 16.0 Å². The summed E-state index contributed by atoms with van der Waals surface area (Å²) in [6, 6.07) is 7.92. The van der Waals surface area contributed by atoms with Crippen molar-refractivity contribution in [2.45, 2.75) is 58.2 Å². The standard InChI is InChI=1S/C25H42N4O2/c1-25(2,19-28-21-6-12-30-13-7-21)8-9-26-18-22-16-23-20(17-27-22)4-3-5-24(23)29-10-14-31-15-11-29/h3-5,21-22,26-28H,6-19H2,1-2H3. The van der Waals surface area contributed by atoms with Gasteiger partial charge in [-0.2, -0.15) is 0 Å². The highest BCUT2D eigenvalue weighted by Gasteiger charge is 2.24. The number of morpholine rings is 1. The molecular weight excluding hydrogens is 388 g/mol. The van der Waals surface area contributed by atoms with E-state index in [1.165, 1.54) is 23.2 Å². The molecular formula is C25H42N4O2. The van der Waals surface area contributed by atoms with Gasteiger partial charge in [0.05, 0.1) is 13.2 Å². The zero-order valence-electron chi connectivity index (χ0n) is 19.5. The van der Waals surface area contributed by atoms with E-state index in [0.717, 1.165) is 85.0 Å². The molecule has 2 fully saturated rings. The summed E-state index contributed by atoms with van der Waals surface area (Å²) in [5.74, 6) is 0. The summed E-state index contributed by atoms with van der Waals surface area (Å²) >= 11 is 0. The van der Waals surface area contributed by atoms with Crippen LogP contribution in [0.1, 0.15) is 44.2 Å². The van der Waals surface area contributed by atoms with E-state index in [1.54, 1.807) is 0 Å². The van der Waals surface area contributed by atoms with Gasteiger partial charge in [-0.05, 0) is 54.8 Å². The fourth-order valence-electron chi connectivity index (χ4n) is 4.95. The highest BCUT2D eigenvalue weighted by molar-refractivity contribution is 5.58. The molecule has 0 radical (unpaired) electrons. The Morgan fingerprint density at radius 3 is 2.68 bits per heavy atom. The Morgan fingerprint density at radius 2 is 1.87 bits per heavy atom. The number of nitrogens with one attached hydrogen (secondary N) is 3. The van der Waals surface area contributed by atoms with Gasteiger partial charge in [-0.15, -0.1) is 0 Å². The lowest BCUT2D eigenvalue weighted by Gasteiger charge is -2.35. The van der Waals surface area contributed by atoms with Crippen molar-refractivity contribution in [2.24, 2.45) is 5.41 Å². The smallest absolute Gasteiger partial charge is 0.0642 e. The van der Waals surface area contributed by atoms with Crippen LogP contribution in [0.2, 0.25) is 0 Å². The van der Waals surface area contributed by atoms with Crippen LogP contribution >= 0.6 is 0 Å². The minimum Gasteiger partial charge on any atom is -0.381 e. The fourth-order valence-corrected chi connectivity index (χ4v) is 4.95. The summed E-state index contributed by atoms with van der Waals surface area (Å²) in [4.78, 5) is 2.51. The molecule has 0 spiro atoms. The Balaban J connectivity index is 1.21. The molecule has 2 saturated heterocycles. The maximum Gasteiger partial charge on any atom is 0.0642 e. The minimum absolute atomic E-state index is 0.307. The number of rotatable bonds is 9. The predicted octanol–water partition coefficient (Wildman–Crippen LogP) is 2.31. The first-order chi connectivity index (χ1) is 15.1. The summed E-state index contributed by atoms with van der Waals surface area (Å²) in [5.41, 5.74) is 4.73. The van der Waals surface area contributed by atoms with Gasteiger partial charge in [-0.1, -0.05) is 26.0 Å². The number of benzene rings is 1. The van der Waals surface area contributed by atoms with E-state index in [9.17, 15) is 0 Å². The Kier molecular flexibility index (Phi) is 8.24. The average Bonchev–Trinajstić information content (AvgIpc) is 2.81. The lowest BCUT2D eigenvalue weighted by atomic mass is 9.88. The number of nitrogens with zero attached hydrogens (tertiary/aromatic N) is 1. The third-order valence-electron chi connectivity index (χ3n) is 7.09. The van der Waals surface area contributed by atoms with Crippen LogP contribution in [0.5, 0.6) is 0 Å². The van der Waals surface area contributed by atoms with Gasteiger partial charge in [0.25, 0.3) is 0 Å². The highest BCUT2D eigenvalue weighted by Crippen LogP contribution is 2.29. The Labute approximate surface area is 188 Å². The number of fused-ring (bicyclic) bond motifs is 1. The molecule has 0 bridgehead atoms. The van der Waals surface area contributed by atoms with E-state index in [0.29, 0.717) is 17.5 Å². The van der Waals surface area contributed by atoms with Crippen LogP contribution in [0.15, 0.2) is 18.2 Å². The summed E-state index contributed by atoms with van der Waals surface area (Å²) < 4.78 is 11.0. The number of ether oxygens (including phenoxy) is 2. The Hall–Kier alpha value is -1.18. The molecule has 1 atom stereocenters. The van der Waals surface area contributed by atoms with Gasteiger partial charge in [0.1, 0.15) is 0 Å². The average molecular weight is 431 g/mol. The van der Waals surface area contributed by atoms with Crippen molar-refractivity contribution in [1.29, 1.82) is 0 Å². The van der Waals surface area contributed by atoms with Gasteiger partial charge in [-0.25, -0.2) is 0 Å². The molecule has 1 aromatic rings. The predicted molar refractivity (Wildman–Crippen MR) is 127 cm³/mol. The van der Waals surface area contributed by atoms with Crippen LogP contribution < -0.4 is 20.9 Å². The van der Waals surface area contributed by atoms with Crippen LogP contribution in [-0.4, -0.2) is 71.2 Å². The van der Waals surface area contributed by atoms with Crippen LogP contribution in [0.25, 0.3) is 0 Å². The van der Waals surface area contributed by atoms with Crippen molar-refractivity contribution < 1.29 is 9.47 Å². The molecule has 3 aliphatic heterocycles. The molecule has 0 aromatic heterocycles. The third kappa shape index (κ3) is 6.65. The second-order valence-corrected chi connectivity index (χ2v) is 10.2.